The molecule has 5 nitrogen and oxygen atoms in total. The second-order valence-corrected chi connectivity index (χ2v) is 11.2. The van der Waals surface area contributed by atoms with Gasteiger partial charge < -0.3 is 4.90 Å². The van der Waals surface area contributed by atoms with Crippen LogP contribution in [-0.4, -0.2) is 45.6 Å². The minimum Gasteiger partial charge on any atom is -0.337 e. The van der Waals surface area contributed by atoms with Crippen molar-refractivity contribution < 1.29 is 14.4 Å². The van der Waals surface area contributed by atoms with Crippen molar-refractivity contribution in [1.29, 1.82) is 0 Å². The number of unbranched alkanes of at least 4 members (excludes halogenated alkanes) is 9. The molecule has 2 aliphatic rings. The van der Waals surface area contributed by atoms with Gasteiger partial charge in [0.1, 0.15) is 0 Å². The molecule has 0 spiro atoms. The Hall–Kier alpha value is -1.39. The van der Waals surface area contributed by atoms with Crippen molar-refractivity contribution in [2.75, 3.05) is 6.54 Å². The molecule has 0 bridgehead atoms. The van der Waals surface area contributed by atoms with E-state index < -0.39 is 5.54 Å². The fourth-order valence-corrected chi connectivity index (χ4v) is 5.80. The Balaban J connectivity index is 1.82. The van der Waals surface area contributed by atoms with Crippen LogP contribution in [0.1, 0.15) is 125 Å². The second kappa shape index (κ2) is 11.7. The van der Waals surface area contributed by atoms with E-state index in [1.54, 1.807) is 11.8 Å². The van der Waals surface area contributed by atoms with Crippen molar-refractivity contribution in [2.24, 2.45) is 11.3 Å². The molecule has 2 aliphatic heterocycles. The Bertz CT molecular complexity index is 655. The third-order valence-electron chi connectivity index (χ3n) is 8.59. The van der Waals surface area contributed by atoms with Crippen LogP contribution in [0, 0.1) is 11.3 Å². The molecule has 2 rings (SSSR count). The van der Waals surface area contributed by atoms with Crippen LogP contribution in [0.4, 0.5) is 0 Å². The lowest BCUT2D eigenvalue weighted by molar-refractivity contribution is -0.160. The van der Waals surface area contributed by atoms with E-state index in [2.05, 4.69) is 34.6 Å². The first-order chi connectivity index (χ1) is 15.1. The van der Waals surface area contributed by atoms with Crippen LogP contribution in [0.5, 0.6) is 0 Å². The first kappa shape index (κ1) is 26.9. The third-order valence-corrected chi connectivity index (χ3v) is 8.59. The largest absolute Gasteiger partial charge is 0.337 e. The molecule has 184 valence electrons. The lowest BCUT2D eigenvalue weighted by Gasteiger charge is -2.58. The summed E-state index contributed by atoms with van der Waals surface area (Å²) in [6.45, 7) is 12.8. The Kier molecular flexibility index (Phi) is 9.78. The van der Waals surface area contributed by atoms with Crippen LogP contribution in [0.2, 0.25) is 0 Å². The maximum Gasteiger partial charge on any atom is 0.233 e. The summed E-state index contributed by atoms with van der Waals surface area (Å²) in [7, 11) is 0. The van der Waals surface area contributed by atoms with Gasteiger partial charge in [-0.05, 0) is 26.7 Å². The first-order valence-electron chi connectivity index (χ1n) is 13.2. The van der Waals surface area contributed by atoms with E-state index in [0.29, 0.717) is 19.4 Å². The second-order valence-electron chi connectivity index (χ2n) is 11.2. The first-order valence-corrected chi connectivity index (χ1v) is 13.2. The average Bonchev–Trinajstić information content (AvgIpc) is 2.98. The molecule has 0 aromatic carbocycles. The van der Waals surface area contributed by atoms with Crippen LogP contribution in [0.25, 0.3) is 0 Å². The highest BCUT2D eigenvalue weighted by Gasteiger charge is 2.56. The zero-order valence-electron chi connectivity index (χ0n) is 21.7. The quantitative estimate of drug-likeness (QED) is 0.268. The van der Waals surface area contributed by atoms with Crippen molar-refractivity contribution in [1.82, 2.24) is 9.80 Å². The van der Waals surface area contributed by atoms with E-state index in [4.69, 9.17) is 0 Å². The molecule has 2 unspecified atom stereocenters. The third kappa shape index (κ3) is 5.94. The molecule has 0 N–H and O–H groups in total. The predicted octanol–water partition coefficient (Wildman–Crippen LogP) is 6.10. The molecule has 2 fully saturated rings. The van der Waals surface area contributed by atoms with Crippen molar-refractivity contribution in [3.8, 4) is 0 Å². The lowest BCUT2D eigenvalue weighted by Crippen LogP contribution is -2.68. The van der Waals surface area contributed by atoms with Crippen molar-refractivity contribution >= 4 is 17.7 Å². The monoisotopic (exact) mass is 448 g/mol. The zero-order chi connectivity index (χ0) is 23.9. The highest BCUT2D eigenvalue weighted by Crippen LogP contribution is 2.47. The Morgan fingerprint density at radius 1 is 0.906 bits per heavy atom. The van der Waals surface area contributed by atoms with Crippen molar-refractivity contribution in [3.63, 3.8) is 0 Å². The summed E-state index contributed by atoms with van der Waals surface area (Å²) in [5.74, 6) is -0.0889. The van der Waals surface area contributed by atoms with Crippen LogP contribution >= 0.6 is 0 Å². The molecule has 2 atom stereocenters. The molecule has 0 aliphatic carbocycles. The standard InChI is InChI=1S/C27H48N2O3/c1-7-8-9-10-11-12-13-14-15-16-17-22-20-24(31)29(25(22)32)23-18-19-28(21(2)30)27(5,6)26(23,3)4/h22-23H,7-20H2,1-6H3. The van der Waals surface area contributed by atoms with Gasteiger partial charge in [-0.15, -0.1) is 0 Å². The van der Waals surface area contributed by atoms with Gasteiger partial charge in [-0.1, -0.05) is 85.0 Å². The van der Waals surface area contributed by atoms with Gasteiger partial charge in [0.15, 0.2) is 0 Å². The molecule has 0 aromatic heterocycles. The van der Waals surface area contributed by atoms with Gasteiger partial charge in [-0.25, -0.2) is 0 Å². The van der Waals surface area contributed by atoms with Gasteiger partial charge in [-0.2, -0.15) is 0 Å². The lowest BCUT2D eigenvalue weighted by atomic mass is 9.64. The Morgan fingerprint density at radius 3 is 1.97 bits per heavy atom. The molecular formula is C27H48N2O3. The summed E-state index contributed by atoms with van der Waals surface area (Å²) in [6.07, 6.45) is 14.6. The maximum atomic E-state index is 13.2. The van der Waals surface area contributed by atoms with Crippen LogP contribution in [0.15, 0.2) is 0 Å². The maximum absolute atomic E-state index is 13.2. The molecule has 3 amide bonds. The summed E-state index contributed by atoms with van der Waals surface area (Å²) in [5.41, 5.74) is -0.787. The van der Waals surface area contributed by atoms with Crippen LogP contribution in [0.3, 0.4) is 0 Å². The molecule has 0 aromatic rings. The topological polar surface area (TPSA) is 57.7 Å². The molecule has 32 heavy (non-hydrogen) atoms. The average molecular weight is 449 g/mol. The highest BCUT2D eigenvalue weighted by molar-refractivity contribution is 6.04. The summed E-state index contributed by atoms with van der Waals surface area (Å²) in [6, 6.07) is -0.147. The van der Waals surface area contributed by atoms with Gasteiger partial charge in [0.05, 0.1) is 0 Å². The molecule has 0 radical (unpaired) electrons. The summed E-state index contributed by atoms with van der Waals surface area (Å²) in [4.78, 5) is 41.8. The molecule has 5 heteroatoms. The fraction of sp³-hybridized carbons (Fsp3) is 0.889. The number of carbonyl (C=O) groups excluding carboxylic acids is 3. The summed E-state index contributed by atoms with van der Waals surface area (Å²) >= 11 is 0. The Morgan fingerprint density at radius 2 is 1.44 bits per heavy atom. The minimum atomic E-state index is -0.420. The SMILES string of the molecule is CCCCCCCCCCCCC1CC(=O)N(C2CCN(C(C)=O)C(C)(C)C2(C)C)C1=O. The van der Waals surface area contributed by atoms with Crippen LogP contribution < -0.4 is 0 Å². The Labute approximate surface area is 196 Å². The normalized spacial score (nSPS) is 24.9. The number of piperidine rings is 1. The number of hydrogen-bond acceptors (Lipinski definition) is 3. The van der Waals surface area contributed by atoms with E-state index >= 15 is 0 Å². The minimum absolute atomic E-state index is 0.0165. The van der Waals surface area contributed by atoms with Gasteiger partial charge >= 0.3 is 0 Å². The number of hydrogen-bond donors (Lipinski definition) is 0. The van der Waals surface area contributed by atoms with E-state index in [9.17, 15) is 14.4 Å². The number of rotatable bonds is 12. The van der Waals surface area contributed by atoms with Crippen molar-refractivity contribution in [3.05, 3.63) is 0 Å². The van der Waals surface area contributed by atoms with E-state index in [1.807, 2.05) is 4.90 Å². The van der Waals surface area contributed by atoms with E-state index in [1.165, 1.54) is 51.4 Å². The summed E-state index contributed by atoms with van der Waals surface area (Å²) < 4.78 is 0. The highest BCUT2D eigenvalue weighted by atomic mass is 16.2. The smallest absolute Gasteiger partial charge is 0.233 e. The summed E-state index contributed by atoms with van der Waals surface area (Å²) in [5, 5.41) is 0. The van der Waals surface area contributed by atoms with Crippen LogP contribution in [-0.2, 0) is 14.4 Å². The van der Waals surface area contributed by atoms with Gasteiger partial charge in [0.2, 0.25) is 17.7 Å². The van der Waals surface area contributed by atoms with Gasteiger partial charge in [0, 0.05) is 42.8 Å². The predicted molar refractivity (Wildman–Crippen MR) is 130 cm³/mol. The van der Waals surface area contributed by atoms with Gasteiger partial charge in [0.25, 0.3) is 0 Å². The van der Waals surface area contributed by atoms with Crippen molar-refractivity contribution in [2.45, 2.75) is 137 Å². The number of nitrogens with zero attached hydrogens (tertiary/aromatic N) is 2. The van der Waals surface area contributed by atoms with E-state index in [0.717, 1.165) is 19.3 Å². The van der Waals surface area contributed by atoms with E-state index in [-0.39, 0.29) is 35.1 Å². The number of amides is 3. The number of carbonyl (C=O) groups is 3. The molecule has 0 saturated carbocycles. The van der Waals surface area contributed by atoms with Gasteiger partial charge in [-0.3, -0.25) is 19.3 Å². The number of likely N-dealkylation sites (tertiary alicyclic amines) is 2. The fourth-order valence-electron chi connectivity index (χ4n) is 5.80. The zero-order valence-corrected chi connectivity index (χ0v) is 21.7. The molecule has 2 heterocycles. The molecule has 2 saturated heterocycles. The number of imide groups is 1. The molecular weight excluding hydrogens is 400 g/mol.